The SMILES string of the molecule is OCCSCCSCC(O)C(O)(O)CSCC(O)(O)C(O)CSCCSCCO. The minimum atomic E-state index is -2.38. The Morgan fingerprint density at radius 2 is 0.862 bits per heavy atom. The van der Waals surface area contributed by atoms with Crippen molar-refractivity contribution in [3.8, 4) is 0 Å². The van der Waals surface area contributed by atoms with Crippen LogP contribution in [-0.4, -0.2) is 135 Å². The summed E-state index contributed by atoms with van der Waals surface area (Å²) >= 11 is 6.68. The highest BCUT2D eigenvalue weighted by Crippen LogP contribution is 2.24. The molecule has 2 atom stereocenters. The minimum Gasteiger partial charge on any atom is -0.396 e. The van der Waals surface area contributed by atoms with Gasteiger partial charge >= 0.3 is 0 Å². The number of hydrogen-bond donors (Lipinski definition) is 8. The Balaban J connectivity index is 4.04. The second-order valence-electron chi connectivity index (χ2n) is 6.10. The molecule has 0 aliphatic heterocycles. The fourth-order valence-electron chi connectivity index (χ4n) is 1.77. The van der Waals surface area contributed by atoms with E-state index in [1.807, 2.05) is 0 Å². The Kier molecular flexibility index (Phi) is 18.8. The fourth-order valence-corrected chi connectivity index (χ4v) is 6.72. The lowest BCUT2D eigenvalue weighted by Gasteiger charge is -2.30. The molecule has 0 fully saturated rings. The molecule has 0 aromatic rings. The van der Waals surface area contributed by atoms with Gasteiger partial charge in [-0.2, -0.15) is 58.8 Å². The number of thioether (sulfide) groups is 5. The molecule has 29 heavy (non-hydrogen) atoms. The van der Waals surface area contributed by atoms with Crippen molar-refractivity contribution in [2.45, 2.75) is 23.8 Å². The molecule has 0 aromatic carbocycles. The average Bonchev–Trinajstić information content (AvgIpc) is 2.66. The van der Waals surface area contributed by atoms with Crippen LogP contribution >= 0.6 is 58.8 Å². The van der Waals surface area contributed by atoms with E-state index in [2.05, 4.69) is 0 Å². The van der Waals surface area contributed by atoms with Gasteiger partial charge < -0.3 is 40.9 Å². The lowest BCUT2D eigenvalue weighted by Crippen LogP contribution is -2.49. The van der Waals surface area contributed by atoms with Crippen molar-refractivity contribution in [1.29, 1.82) is 0 Å². The van der Waals surface area contributed by atoms with Crippen LogP contribution < -0.4 is 0 Å². The minimum absolute atomic E-state index is 0.111. The summed E-state index contributed by atoms with van der Waals surface area (Å²) in [6.45, 7) is 0.222. The Morgan fingerprint density at radius 3 is 1.21 bits per heavy atom. The van der Waals surface area contributed by atoms with Crippen molar-refractivity contribution in [2.24, 2.45) is 0 Å². The van der Waals surface area contributed by atoms with Crippen LogP contribution in [0.4, 0.5) is 0 Å². The van der Waals surface area contributed by atoms with E-state index in [1.54, 1.807) is 23.5 Å². The number of aliphatic hydroxyl groups excluding tert-OH is 4. The van der Waals surface area contributed by atoms with Gasteiger partial charge in [0.25, 0.3) is 0 Å². The van der Waals surface area contributed by atoms with E-state index in [4.69, 9.17) is 10.2 Å². The molecule has 2 unspecified atom stereocenters. The van der Waals surface area contributed by atoms with Crippen LogP contribution in [0.25, 0.3) is 0 Å². The largest absolute Gasteiger partial charge is 0.396 e. The summed E-state index contributed by atoms with van der Waals surface area (Å²) in [7, 11) is 0. The first kappa shape index (κ1) is 30.4. The first-order valence-electron chi connectivity index (χ1n) is 9.03. The maximum atomic E-state index is 9.99. The standard InChI is InChI=1S/C16H34O8S5/c17-1-3-25-5-7-27-9-13(19)15(21,22)11-29-12-16(23,24)14(20)10-28-8-6-26-4-2-18/h13-14,17-24H,1-12H2. The smallest absolute Gasteiger partial charge is 0.199 e. The molecule has 8 nitrogen and oxygen atoms in total. The van der Waals surface area contributed by atoms with Crippen molar-refractivity contribution >= 4 is 58.8 Å². The summed E-state index contributed by atoms with van der Waals surface area (Å²) in [6, 6.07) is 0. The fraction of sp³-hybridized carbons (Fsp3) is 1.00. The number of rotatable bonds is 20. The third-order valence-corrected chi connectivity index (χ3v) is 9.25. The predicted molar refractivity (Wildman–Crippen MR) is 127 cm³/mol. The second-order valence-corrected chi connectivity index (χ2v) is 11.8. The molecule has 0 aliphatic carbocycles. The summed E-state index contributed by atoms with van der Waals surface area (Å²) < 4.78 is 0. The van der Waals surface area contributed by atoms with Crippen LogP contribution in [0, 0.1) is 0 Å². The molecule has 0 saturated carbocycles. The highest BCUT2D eigenvalue weighted by molar-refractivity contribution is 8.03. The Hall–Kier alpha value is 1.43. The van der Waals surface area contributed by atoms with Gasteiger partial charge in [0.05, 0.1) is 24.7 Å². The normalized spacial score (nSPS) is 14.9. The van der Waals surface area contributed by atoms with Gasteiger partial charge in [0.1, 0.15) is 12.2 Å². The Labute approximate surface area is 193 Å². The van der Waals surface area contributed by atoms with Gasteiger partial charge in [-0.3, -0.25) is 0 Å². The van der Waals surface area contributed by atoms with E-state index < -0.39 is 23.8 Å². The molecule has 0 aromatic heterocycles. The molecule has 0 saturated heterocycles. The van der Waals surface area contributed by atoms with Gasteiger partial charge in [-0.15, -0.1) is 0 Å². The van der Waals surface area contributed by atoms with E-state index >= 15 is 0 Å². The monoisotopic (exact) mass is 514 g/mol. The van der Waals surface area contributed by atoms with Crippen LogP contribution in [0.2, 0.25) is 0 Å². The molecule has 0 spiro atoms. The molecular formula is C16H34O8S5. The van der Waals surface area contributed by atoms with Crippen LogP contribution in [0.5, 0.6) is 0 Å². The van der Waals surface area contributed by atoms with Crippen molar-refractivity contribution in [1.82, 2.24) is 0 Å². The first-order valence-corrected chi connectivity index (χ1v) is 14.8. The van der Waals surface area contributed by atoms with Gasteiger partial charge in [0.15, 0.2) is 11.6 Å². The van der Waals surface area contributed by atoms with Crippen LogP contribution in [-0.2, 0) is 0 Å². The molecule has 0 heterocycles. The number of hydrogen-bond acceptors (Lipinski definition) is 13. The molecule has 8 N–H and O–H groups in total. The van der Waals surface area contributed by atoms with Gasteiger partial charge in [-0.05, 0) is 0 Å². The molecule has 0 amide bonds. The van der Waals surface area contributed by atoms with Crippen molar-refractivity contribution in [2.75, 3.05) is 70.7 Å². The Morgan fingerprint density at radius 1 is 0.517 bits per heavy atom. The van der Waals surface area contributed by atoms with Crippen molar-refractivity contribution < 1.29 is 40.9 Å². The third kappa shape index (κ3) is 15.8. The molecule has 0 radical (unpaired) electrons. The Bertz CT molecular complexity index is 358. The number of aliphatic hydroxyl groups is 8. The summed E-state index contributed by atoms with van der Waals surface area (Å²) in [6.07, 6.45) is -2.79. The summed E-state index contributed by atoms with van der Waals surface area (Å²) in [5.74, 6) is -0.966. The van der Waals surface area contributed by atoms with E-state index in [-0.39, 0.29) is 36.2 Å². The van der Waals surface area contributed by atoms with Crippen molar-refractivity contribution in [3.63, 3.8) is 0 Å². The van der Waals surface area contributed by atoms with E-state index in [0.29, 0.717) is 23.0 Å². The molecular weight excluding hydrogens is 481 g/mol. The van der Waals surface area contributed by atoms with Crippen molar-refractivity contribution in [3.05, 3.63) is 0 Å². The zero-order chi connectivity index (χ0) is 22.2. The lowest BCUT2D eigenvalue weighted by atomic mass is 10.2. The molecule has 13 heteroatoms. The maximum Gasteiger partial charge on any atom is 0.199 e. The highest BCUT2D eigenvalue weighted by Gasteiger charge is 2.37. The van der Waals surface area contributed by atoms with Gasteiger partial charge in [0.2, 0.25) is 0 Å². The zero-order valence-corrected chi connectivity index (χ0v) is 20.3. The average molecular weight is 515 g/mol. The van der Waals surface area contributed by atoms with Gasteiger partial charge in [0, 0.05) is 46.0 Å². The van der Waals surface area contributed by atoms with Crippen LogP contribution in [0.15, 0.2) is 0 Å². The van der Waals surface area contributed by atoms with E-state index in [9.17, 15) is 30.6 Å². The topological polar surface area (TPSA) is 162 Å². The van der Waals surface area contributed by atoms with Crippen LogP contribution in [0.1, 0.15) is 0 Å². The van der Waals surface area contributed by atoms with Crippen LogP contribution in [0.3, 0.4) is 0 Å². The maximum absolute atomic E-state index is 9.99. The quantitative estimate of drug-likeness (QED) is 0.0717. The van der Waals surface area contributed by atoms with E-state index in [1.165, 1.54) is 23.5 Å². The van der Waals surface area contributed by atoms with Gasteiger partial charge in [-0.25, -0.2) is 0 Å². The summed E-state index contributed by atoms with van der Waals surface area (Å²) in [5.41, 5.74) is 0. The predicted octanol–water partition coefficient (Wildman–Crippen LogP) is -1.28. The third-order valence-electron chi connectivity index (χ3n) is 3.46. The molecule has 0 bridgehead atoms. The molecule has 0 rings (SSSR count). The second kappa shape index (κ2) is 17.9. The summed E-state index contributed by atoms with van der Waals surface area (Å²) in [4.78, 5) is 0. The zero-order valence-electron chi connectivity index (χ0n) is 16.3. The lowest BCUT2D eigenvalue weighted by molar-refractivity contribution is -0.203. The molecule has 0 aliphatic rings. The van der Waals surface area contributed by atoms with E-state index in [0.717, 1.165) is 23.3 Å². The first-order chi connectivity index (χ1) is 13.7. The highest BCUT2D eigenvalue weighted by atomic mass is 32.2. The molecule has 176 valence electrons. The summed E-state index contributed by atoms with van der Waals surface area (Å²) in [5, 5.41) is 77.2. The van der Waals surface area contributed by atoms with Gasteiger partial charge in [-0.1, -0.05) is 0 Å².